The molecule has 2 aliphatic heterocycles. The average Bonchev–Trinajstić information content (AvgIpc) is 2.58. The van der Waals surface area contributed by atoms with E-state index < -0.39 is 9.84 Å². The second-order valence-corrected chi connectivity index (χ2v) is 8.49. The lowest BCUT2D eigenvalue weighted by atomic mass is 9.97. The van der Waals surface area contributed by atoms with Gasteiger partial charge >= 0.3 is 0 Å². The molecule has 112 valence electrons. The summed E-state index contributed by atoms with van der Waals surface area (Å²) in [6, 6.07) is 2.06. The average molecular weight is 288 g/mol. The van der Waals surface area contributed by atoms with E-state index in [1.54, 1.807) is 0 Å². The quantitative estimate of drug-likeness (QED) is 0.770. The second-order valence-electron chi connectivity index (χ2n) is 6.23. The highest BCUT2D eigenvalue weighted by Crippen LogP contribution is 2.35. The third-order valence-corrected chi connectivity index (χ3v) is 5.53. The molecule has 2 saturated heterocycles. The first-order valence-electron chi connectivity index (χ1n) is 7.66. The van der Waals surface area contributed by atoms with Crippen molar-refractivity contribution in [2.45, 2.75) is 63.6 Å². The molecule has 2 fully saturated rings. The van der Waals surface area contributed by atoms with Gasteiger partial charge in [0.1, 0.15) is 9.84 Å². The second kappa shape index (κ2) is 6.55. The van der Waals surface area contributed by atoms with Gasteiger partial charge in [0, 0.05) is 24.4 Å². The molecule has 0 amide bonds. The van der Waals surface area contributed by atoms with E-state index in [4.69, 9.17) is 0 Å². The summed E-state index contributed by atoms with van der Waals surface area (Å²) in [5, 5.41) is 3.65. The monoisotopic (exact) mass is 288 g/mol. The van der Waals surface area contributed by atoms with E-state index in [1.807, 2.05) is 0 Å². The molecule has 4 nitrogen and oxygen atoms in total. The van der Waals surface area contributed by atoms with Crippen LogP contribution >= 0.6 is 0 Å². The van der Waals surface area contributed by atoms with E-state index in [2.05, 4.69) is 17.1 Å². The first kappa shape index (κ1) is 15.3. The first-order valence-corrected chi connectivity index (χ1v) is 9.72. The van der Waals surface area contributed by atoms with Gasteiger partial charge in [0.15, 0.2) is 0 Å². The predicted octanol–water partition coefficient (Wildman–Crippen LogP) is 1.42. The molecule has 2 aliphatic rings. The molecule has 0 aromatic rings. The fraction of sp³-hybridized carbons (Fsp3) is 1.00. The third kappa shape index (κ3) is 4.43. The maximum atomic E-state index is 11.2. The van der Waals surface area contributed by atoms with Crippen molar-refractivity contribution in [3.05, 3.63) is 0 Å². The molecule has 1 N–H and O–H groups in total. The zero-order chi connectivity index (χ0) is 13.9. The Labute approximate surface area is 117 Å². The molecule has 2 rings (SSSR count). The maximum Gasteiger partial charge on any atom is 0.147 e. The van der Waals surface area contributed by atoms with Gasteiger partial charge in [-0.1, -0.05) is 6.92 Å². The van der Waals surface area contributed by atoms with Gasteiger partial charge in [0.25, 0.3) is 0 Å². The Morgan fingerprint density at radius 3 is 2.37 bits per heavy atom. The molecule has 2 unspecified atom stereocenters. The Morgan fingerprint density at radius 2 is 1.84 bits per heavy atom. The third-order valence-electron chi connectivity index (χ3n) is 4.50. The van der Waals surface area contributed by atoms with Gasteiger partial charge in [-0.15, -0.1) is 0 Å². The SMILES string of the molecule is CCCNC1CC2CCC(C1)N2CCCS(C)(=O)=O. The van der Waals surface area contributed by atoms with E-state index in [0.717, 1.165) is 19.5 Å². The number of nitrogens with one attached hydrogen (secondary N) is 1. The summed E-state index contributed by atoms with van der Waals surface area (Å²) in [7, 11) is -2.80. The minimum Gasteiger partial charge on any atom is -0.314 e. The van der Waals surface area contributed by atoms with Crippen molar-refractivity contribution < 1.29 is 8.42 Å². The van der Waals surface area contributed by atoms with Gasteiger partial charge < -0.3 is 5.32 Å². The van der Waals surface area contributed by atoms with Crippen LogP contribution in [0.1, 0.15) is 45.4 Å². The van der Waals surface area contributed by atoms with Crippen molar-refractivity contribution in [1.29, 1.82) is 0 Å². The van der Waals surface area contributed by atoms with Crippen LogP contribution in [0.5, 0.6) is 0 Å². The number of rotatable bonds is 7. The van der Waals surface area contributed by atoms with Crippen molar-refractivity contribution in [3.63, 3.8) is 0 Å². The molecule has 5 heteroatoms. The molecular formula is C14H28N2O2S. The Bertz CT molecular complexity index is 369. The number of sulfone groups is 1. The highest BCUT2D eigenvalue weighted by atomic mass is 32.2. The molecule has 0 aromatic carbocycles. The topological polar surface area (TPSA) is 49.4 Å². The fourth-order valence-electron chi connectivity index (χ4n) is 3.66. The molecule has 0 saturated carbocycles. The number of hydrogen-bond donors (Lipinski definition) is 1. The summed E-state index contributed by atoms with van der Waals surface area (Å²) < 4.78 is 22.4. The minimum absolute atomic E-state index is 0.334. The summed E-state index contributed by atoms with van der Waals surface area (Å²) in [4.78, 5) is 2.58. The van der Waals surface area contributed by atoms with Crippen LogP contribution in [0.3, 0.4) is 0 Å². The summed E-state index contributed by atoms with van der Waals surface area (Å²) in [5.41, 5.74) is 0. The summed E-state index contributed by atoms with van der Waals surface area (Å²) in [6.07, 6.45) is 8.41. The summed E-state index contributed by atoms with van der Waals surface area (Å²) in [5.74, 6) is 0.334. The van der Waals surface area contributed by atoms with Crippen LogP contribution in [0.4, 0.5) is 0 Å². The molecule has 2 heterocycles. The van der Waals surface area contributed by atoms with E-state index in [-0.39, 0.29) is 0 Å². The lowest BCUT2D eigenvalue weighted by Gasteiger charge is -2.39. The van der Waals surface area contributed by atoms with Crippen molar-refractivity contribution >= 4 is 9.84 Å². The Morgan fingerprint density at radius 1 is 1.21 bits per heavy atom. The van der Waals surface area contributed by atoms with Crippen molar-refractivity contribution in [2.75, 3.05) is 25.1 Å². The van der Waals surface area contributed by atoms with Crippen molar-refractivity contribution in [3.8, 4) is 0 Å². The zero-order valence-corrected chi connectivity index (χ0v) is 13.1. The Kier molecular flexibility index (Phi) is 5.26. The highest BCUT2D eigenvalue weighted by molar-refractivity contribution is 7.90. The molecule has 2 atom stereocenters. The lowest BCUT2D eigenvalue weighted by Crippen LogP contribution is -2.49. The molecule has 0 aliphatic carbocycles. The smallest absolute Gasteiger partial charge is 0.147 e. The van der Waals surface area contributed by atoms with Crippen molar-refractivity contribution in [1.82, 2.24) is 10.2 Å². The highest BCUT2D eigenvalue weighted by Gasteiger charge is 2.39. The minimum atomic E-state index is -2.80. The number of nitrogens with zero attached hydrogens (tertiary/aromatic N) is 1. The van der Waals surface area contributed by atoms with Crippen LogP contribution in [0.25, 0.3) is 0 Å². The van der Waals surface area contributed by atoms with Crippen LogP contribution in [-0.4, -0.2) is 56.5 Å². The van der Waals surface area contributed by atoms with E-state index in [1.165, 1.54) is 38.4 Å². The molecule has 0 radical (unpaired) electrons. The molecule has 0 spiro atoms. The fourth-order valence-corrected chi connectivity index (χ4v) is 4.32. The standard InChI is InChI=1S/C14H28N2O2S/c1-3-7-15-12-10-13-5-6-14(11-12)16(13)8-4-9-19(2,17)18/h12-15H,3-11H2,1-2H3. The summed E-state index contributed by atoms with van der Waals surface area (Å²) in [6.45, 7) is 4.29. The zero-order valence-electron chi connectivity index (χ0n) is 12.3. The van der Waals surface area contributed by atoms with Gasteiger partial charge in [0.2, 0.25) is 0 Å². The van der Waals surface area contributed by atoms with Gasteiger partial charge in [-0.2, -0.15) is 0 Å². The molecule has 19 heavy (non-hydrogen) atoms. The van der Waals surface area contributed by atoms with Crippen LogP contribution in [0.15, 0.2) is 0 Å². The molecule has 2 bridgehead atoms. The Balaban J connectivity index is 1.79. The van der Waals surface area contributed by atoms with Gasteiger partial charge in [0.05, 0.1) is 5.75 Å². The Hall–Kier alpha value is -0.130. The van der Waals surface area contributed by atoms with Gasteiger partial charge in [-0.25, -0.2) is 8.42 Å². The lowest BCUT2D eigenvalue weighted by molar-refractivity contribution is 0.117. The van der Waals surface area contributed by atoms with Crippen LogP contribution in [0, 0.1) is 0 Å². The largest absolute Gasteiger partial charge is 0.314 e. The number of fused-ring (bicyclic) bond motifs is 2. The maximum absolute atomic E-state index is 11.2. The molecular weight excluding hydrogens is 260 g/mol. The van der Waals surface area contributed by atoms with E-state index in [0.29, 0.717) is 23.9 Å². The predicted molar refractivity (Wildman–Crippen MR) is 79.2 cm³/mol. The first-order chi connectivity index (χ1) is 8.99. The summed E-state index contributed by atoms with van der Waals surface area (Å²) >= 11 is 0. The molecule has 0 aromatic heterocycles. The van der Waals surface area contributed by atoms with Crippen LogP contribution < -0.4 is 5.32 Å². The van der Waals surface area contributed by atoms with E-state index in [9.17, 15) is 8.42 Å². The number of piperidine rings is 1. The van der Waals surface area contributed by atoms with Crippen molar-refractivity contribution in [2.24, 2.45) is 0 Å². The van der Waals surface area contributed by atoms with Gasteiger partial charge in [-0.05, 0) is 51.6 Å². The van der Waals surface area contributed by atoms with Gasteiger partial charge in [-0.3, -0.25) is 4.90 Å². The van der Waals surface area contributed by atoms with E-state index >= 15 is 0 Å². The van der Waals surface area contributed by atoms with Crippen LogP contribution in [0.2, 0.25) is 0 Å². The number of hydrogen-bond acceptors (Lipinski definition) is 4. The van der Waals surface area contributed by atoms with Crippen LogP contribution in [-0.2, 0) is 9.84 Å². The normalized spacial score (nSPS) is 31.8.